The smallest absolute Gasteiger partial charge is 0.243 e. The van der Waals surface area contributed by atoms with Gasteiger partial charge in [0.1, 0.15) is 5.65 Å². The normalized spacial score (nSPS) is 21.6. The van der Waals surface area contributed by atoms with Crippen LogP contribution in [0.5, 0.6) is 0 Å². The van der Waals surface area contributed by atoms with E-state index < -0.39 is 10.0 Å². The van der Waals surface area contributed by atoms with Crippen molar-refractivity contribution in [3.63, 3.8) is 0 Å². The van der Waals surface area contributed by atoms with E-state index in [-0.39, 0.29) is 0 Å². The molecule has 5 nitrogen and oxygen atoms in total. The molecule has 0 N–H and O–H groups in total. The molecule has 0 saturated carbocycles. The first kappa shape index (κ1) is 18.2. The summed E-state index contributed by atoms with van der Waals surface area (Å²) in [6.45, 7) is 7.45. The highest BCUT2D eigenvalue weighted by atomic mass is 32.2. The van der Waals surface area contributed by atoms with Gasteiger partial charge in [-0.1, -0.05) is 32.0 Å². The summed E-state index contributed by atoms with van der Waals surface area (Å²) in [6, 6.07) is 11.1. The lowest BCUT2D eigenvalue weighted by molar-refractivity contribution is 0.222. The van der Waals surface area contributed by atoms with Gasteiger partial charge in [0.15, 0.2) is 0 Å². The lowest BCUT2D eigenvalue weighted by Crippen LogP contribution is -2.42. The summed E-state index contributed by atoms with van der Waals surface area (Å²) >= 11 is 0. The van der Waals surface area contributed by atoms with Crippen LogP contribution in [-0.4, -0.2) is 35.2 Å². The molecule has 6 heteroatoms. The molecule has 0 spiro atoms. The van der Waals surface area contributed by atoms with Crippen LogP contribution in [0.1, 0.15) is 25.8 Å². The monoisotopic (exact) mass is 383 g/mol. The van der Waals surface area contributed by atoms with E-state index >= 15 is 0 Å². The summed E-state index contributed by atoms with van der Waals surface area (Å²) in [7, 11) is -3.50. The fourth-order valence-electron chi connectivity index (χ4n) is 4.01. The molecular formula is C21H25N3O2S. The Morgan fingerprint density at radius 1 is 1.04 bits per heavy atom. The molecule has 0 bridgehead atoms. The van der Waals surface area contributed by atoms with Crippen molar-refractivity contribution in [2.24, 2.45) is 11.8 Å². The van der Waals surface area contributed by atoms with Gasteiger partial charge in [-0.2, -0.15) is 4.31 Å². The average Bonchev–Trinajstić information content (AvgIpc) is 3.04. The third kappa shape index (κ3) is 3.51. The molecule has 0 aliphatic carbocycles. The molecule has 1 saturated heterocycles. The number of nitrogens with zero attached hydrogens (tertiary/aromatic N) is 3. The van der Waals surface area contributed by atoms with Crippen LogP contribution in [0.3, 0.4) is 0 Å². The van der Waals surface area contributed by atoms with Crippen molar-refractivity contribution in [3.05, 3.63) is 54.4 Å². The van der Waals surface area contributed by atoms with Crippen molar-refractivity contribution in [1.82, 2.24) is 13.7 Å². The number of imidazole rings is 1. The summed E-state index contributed by atoms with van der Waals surface area (Å²) in [6.07, 6.45) is 5.04. The number of piperidine rings is 1. The molecule has 4 rings (SSSR count). The van der Waals surface area contributed by atoms with E-state index in [1.165, 1.54) is 0 Å². The summed E-state index contributed by atoms with van der Waals surface area (Å²) in [4.78, 5) is 4.98. The Kier molecular flexibility index (Phi) is 4.56. The quantitative estimate of drug-likeness (QED) is 0.687. The van der Waals surface area contributed by atoms with Crippen molar-refractivity contribution in [1.29, 1.82) is 0 Å². The van der Waals surface area contributed by atoms with E-state index in [9.17, 15) is 8.42 Å². The molecule has 0 radical (unpaired) electrons. The van der Waals surface area contributed by atoms with Gasteiger partial charge in [0, 0.05) is 31.0 Å². The van der Waals surface area contributed by atoms with E-state index in [1.54, 1.807) is 22.5 Å². The van der Waals surface area contributed by atoms with Crippen molar-refractivity contribution in [2.75, 3.05) is 13.1 Å². The van der Waals surface area contributed by atoms with E-state index in [4.69, 9.17) is 0 Å². The van der Waals surface area contributed by atoms with Gasteiger partial charge in [0.25, 0.3) is 0 Å². The number of aromatic nitrogens is 2. The standard InChI is InChI=1S/C21H25N3O2S/c1-15-7-8-21-22-20(14-23(21)11-15)18-5-4-6-19(10-18)27(25,26)24-12-16(2)9-17(3)13-24/h4-8,10-11,14,16-17H,9,12-13H2,1-3H3/t16-,17-/m1/s1. The fourth-order valence-corrected chi connectivity index (χ4v) is 5.74. The summed E-state index contributed by atoms with van der Waals surface area (Å²) in [5.41, 5.74) is 3.59. The first-order valence-electron chi connectivity index (χ1n) is 9.39. The maximum absolute atomic E-state index is 13.2. The maximum atomic E-state index is 13.2. The zero-order chi connectivity index (χ0) is 19.2. The Morgan fingerprint density at radius 3 is 2.52 bits per heavy atom. The number of benzene rings is 1. The minimum Gasteiger partial charge on any atom is -0.306 e. The molecule has 142 valence electrons. The molecule has 3 aromatic rings. The largest absolute Gasteiger partial charge is 0.306 e. The highest BCUT2D eigenvalue weighted by Gasteiger charge is 2.31. The Labute approximate surface area is 160 Å². The van der Waals surface area contributed by atoms with Crippen LogP contribution >= 0.6 is 0 Å². The molecule has 0 amide bonds. The van der Waals surface area contributed by atoms with Crippen LogP contribution in [0.4, 0.5) is 0 Å². The first-order chi connectivity index (χ1) is 12.8. The van der Waals surface area contributed by atoms with Crippen molar-refractivity contribution in [2.45, 2.75) is 32.1 Å². The molecule has 1 aliphatic rings. The molecule has 1 fully saturated rings. The van der Waals surface area contributed by atoms with Gasteiger partial charge < -0.3 is 4.40 Å². The van der Waals surface area contributed by atoms with E-state index in [0.717, 1.165) is 28.9 Å². The number of hydrogen-bond donors (Lipinski definition) is 0. The van der Waals surface area contributed by atoms with Gasteiger partial charge in [-0.05, 0) is 48.9 Å². The molecule has 1 aliphatic heterocycles. The van der Waals surface area contributed by atoms with E-state index in [2.05, 4.69) is 18.8 Å². The summed E-state index contributed by atoms with van der Waals surface area (Å²) < 4.78 is 30.0. The fraction of sp³-hybridized carbons (Fsp3) is 0.381. The Bertz CT molecular complexity index is 1080. The Hall–Kier alpha value is -2.18. The number of rotatable bonds is 3. The number of fused-ring (bicyclic) bond motifs is 1. The second-order valence-electron chi connectivity index (χ2n) is 7.89. The SMILES string of the molecule is Cc1ccc2nc(-c3cccc(S(=O)(=O)N4C[C@H](C)C[C@@H](C)C4)c3)cn2c1. The molecule has 1 aromatic carbocycles. The number of pyridine rings is 1. The maximum Gasteiger partial charge on any atom is 0.243 e. The van der Waals surface area contributed by atoms with Gasteiger partial charge in [-0.3, -0.25) is 0 Å². The van der Waals surface area contributed by atoms with Crippen molar-refractivity contribution in [3.8, 4) is 11.3 Å². The molecule has 27 heavy (non-hydrogen) atoms. The van der Waals surface area contributed by atoms with Gasteiger partial charge >= 0.3 is 0 Å². The summed E-state index contributed by atoms with van der Waals surface area (Å²) in [5, 5.41) is 0. The zero-order valence-electron chi connectivity index (χ0n) is 16.0. The van der Waals surface area contributed by atoms with Gasteiger partial charge in [0.2, 0.25) is 10.0 Å². The van der Waals surface area contributed by atoms with Crippen LogP contribution in [0.2, 0.25) is 0 Å². The van der Waals surface area contributed by atoms with Gasteiger partial charge in [0.05, 0.1) is 10.6 Å². The second kappa shape index (κ2) is 6.77. The number of aryl methyl sites for hydroxylation is 1. The Morgan fingerprint density at radius 2 is 1.78 bits per heavy atom. The minimum atomic E-state index is -3.50. The highest BCUT2D eigenvalue weighted by molar-refractivity contribution is 7.89. The molecule has 2 aromatic heterocycles. The van der Waals surface area contributed by atoms with Gasteiger partial charge in [-0.15, -0.1) is 0 Å². The minimum absolute atomic E-state index is 0.342. The first-order valence-corrected chi connectivity index (χ1v) is 10.8. The number of sulfonamides is 1. The molecule has 0 unspecified atom stereocenters. The van der Waals surface area contributed by atoms with Crippen LogP contribution in [0, 0.1) is 18.8 Å². The topological polar surface area (TPSA) is 54.7 Å². The van der Waals surface area contributed by atoms with Crippen LogP contribution in [0.15, 0.2) is 53.7 Å². The van der Waals surface area contributed by atoms with Crippen LogP contribution in [-0.2, 0) is 10.0 Å². The third-order valence-electron chi connectivity index (χ3n) is 5.20. The highest BCUT2D eigenvalue weighted by Crippen LogP contribution is 2.29. The molecule has 2 atom stereocenters. The lowest BCUT2D eigenvalue weighted by Gasteiger charge is -2.34. The second-order valence-corrected chi connectivity index (χ2v) is 9.83. The molecule has 3 heterocycles. The zero-order valence-corrected chi connectivity index (χ0v) is 16.8. The van der Waals surface area contributed by atoms with E-state index in [0.29, 0.717) is 29.8 Å². The predicted octanol–water partition coefficient (Wildman–Crippen LogP) is 3.98. The predicted molar refractivity (Wildman–Crippen MR) is 107 cm³/mol. The number of hydrogen-bond acceptors (Lipinski definition) is 3. The van der Waals surface area contributed by atoms with Gasteiger partial charge in [-0.25, -0.2) is 13.4 Å². The Balaban J connectivity index is 1.71. The lowest BCUT2D eigenvalue weighted by atomic mass is 9.94. The molecular weight excluding hydrogens is 358 g/mol. The summed E-state index contributed by atoms with van der Waals surface area (Å²) in [5.74, 6) is 0.766. The van der Waals surface area contributed by atoms with E-state index in [1.807, 2.05) is 41.9 Å². The van der Waals surface area contributed by atoms with Crippen LogP contribution < -0.4 is 0 Å². The van der Waals surface area contributed by atoms with Crippen molar-refractivity contribution >= 4 is 15.7 Å². The van der Waals surface area contributed by atoms with Crippen LogP contribution in [0.25, 0.3) is 16.9 Å². The third-order valence-corrected chi connectivity index (χ3v) is 7.03. The van der Waals surface area contributed by atoms with Crippen molar-refractivity contribution < 1.29 is 8.42 Å². The average molecular weight is 384 g/mol.